The Balaban J connectivity index is 1.60. The summed E-state index contributed by atoms with van der Waals surface area (Å²) in [5.74, 6) is 0. The average molecular weight is 431 g/mol. The molecule has 0 saturated carbocycles. The number of nitrogens with zero attached hydrogens (tertiary/aromatic N) is 1. The Kier molecular flexibility index (Phi) is 7.06. The molecule has 2 aliphatic rings. The van der Waals surface area contributed by atoms with Crippen LogP contribution in [-0.2, 0) is 6.42 Å². The fraction of sp³-hybridized carbons (Fsp3) is 0.0968. The molecule has 1 aliphatic heterocycles. The molecule has 0 radical (unpaired) electrons. The van der Waals surface area contributed by atoms with E-state index in [1.807, 2.05) is 31.2 Å². The predicted octanol–water partition coefficient (Wildman–Crippen LogP) is 7.61. The van der Waals surface area contributed by atoms with Gasteiger partial charge in [0.25, 0.3) is 0 Å². The van der Waals surface area contributed by atoms with Crippen molar-refractivity contribution in [2.24, 2.45) is 0 Å². The molecular weight excluding hydrogens is 400 g/mol. The summed E-state index contributed by atoms with van der Waals surface area (Å²) in [5, 5.41) is 3.41. The van der Waals surface area contributed by atoms with E-state index in [-0.39, 0.29) is 0 Å². The van der Waals surface area contributed by atoms with Gasteiger partial charge in [-0.05, 0) is 60.4 Å². The van der Waals surface area contributed by atoms with Crippen LogP contribution in [0.4, 0.5) is 5.69 Å². The van der Waals surface area contributed by atoms with Crippen LogP contribution in [0.15, 0.2) is 145 Å². The summed E-state index contributed by atoms with van der Waals surface area (Å²) < 4.78 is 0. The molecule has 2 heteroatoms. The maximum Gasteiger partial charge on any atom is 0.0493 e. The highest BCUT2D eigenvalue weighted by Crippen LogP contribution is 2.37. The number of hydrogen-bond acceptors (Lipinski definition) is 2. The topological polar surface area (TPSA) is 15.3 Å². The average Bonchev–Trinajstić information content (AvgIpc) is 3.33. The smallest absolute Gasteiger partial charge is 0.0493 e. The number of rotatable bonds is 6. The van der Waals surface area contributed by atoms with Crippen LogP contribution in [0.5, 0.6) is 0 Å². The molecule has 1 N–H and O–H groups in total. The van der Waals surface area contributed by atoms with Gasteiger partial charge in [-0.15, -0.1) is 0 Å². The normalized spacial score (nSPS) is 18.6. The van der Waals surface area contributed by atoms with E-state index in [9.17, 15) is 0 Å². The second kappa shape index (κ2) is 10.5. The zero-order valence-corrected chi connectivity index (χ0v) is 19.2. The van der Waals surface area contributed by atoms with E-state index in [4.69, 9.17) is 0 Å². The SMILES string of the molecule is C=C(/C=C\C=C/C)NC1=C/Cc2ccccc2N(C2=CC=C(c3ccccc3)C2)C(=C)/C=C\1. The minimum Gasteiger partial charge on any atom is -0.356 e. The summed E-state index contributed by atoms with van der Waals surface area (Å²) in [4.78, 5) is 2.29. The fourth-order valence-electron chi connectivity index (χ4n) is 4.06. The molecule has 2 nitrogen and oxygen atoms in total. The van der Waals surface area contributed by atoms with Gasteiger partial charge in [-0.25, -0.2) is 0 Å². The number of allylic oxidation sites excluding steroid dienone is 10. The third-order valence-corrected chi connectivity index (χ3v) is 5.70. The molecule has 0 unspecified atom stereocenters. The van der Waals surface area contributed by atoms with Crippen molar-refractivity contribution in [2.75, 3.05) is 4.90 Å². The molecule has 164 valence electrons. The van der Waals surface area contributed by atoms with Crippen molar-refractivity contribution in [3.63, 3.8) is 0 Å². The van der Waals surface area contributed by atoms with Crippen molar-refractivity contribution in [3.8, 4) is 0 Å². The van der Waals surface area contributed by atoms with Crippen molar-refractivity contribution in [2.45, 2.75) is 19.8 Å². The van der Waals surface area contributed by atoms with Crippen LogP contribution in [0.2, 0.25) is 0 Å². The van der Waals surface area contributed by atoms with Gasteiger partial charge < -0.3 is 10.2 Å². The Bertz CT molecular complexity index is 1220. The van der Waals surface area contributed by atoms with Gasteiger partial charge in [-0.2, -0.15) is 0 Å². The third kappa shape index (κ3) is 5.42. The van der Waals surface area contributed by atoms with Crippen LogP contribution in [0.1, 0.15) is 24.5 Å². The number of para-hydroxylation sites is 1. The van der Waals surface area contributed by atoms with Gasteiger partial charge in [0.05, 0.1) is 0 Å². The second-order valence-electron chi connectivity index (χ2n) is 8.08. The van der Waals surface area contributed by atoms with Crippen LogP contribution in [-0.4, -0.2) is 0 Å². The molecule has 1 aliphatic carbocycles. The predicted molar refractivity (Wildman–Crippen MR) is 142 cm³/mol. The Morgan fingerprint density at radius 2 is 1.76 bits per heavy atom. The number of hydrogen-bond donors (Lipinski definition) is 1. The van der Waals surface area contributed by atoms with E-state index < -0.39 is 0 Å². The molecule has 2 aromatic carbocycles. The molecular formula is C31H30N2. The van der Waals surface area contributed by atoms with Gasteiger partial charge in [0.2, 0.25) is 0 Å². The van der Waals surface area contributed by atoms with Crippen molar-refractivity contribution in [3.05, 3.63) is 156 Å². The van der Waals surface area contributed by atoms with Crippen LogP contribution in [0, 0.1) is 0 Å². The first-order chi connectivity index (χ1) is 16.2. The molecule has 0 spiro atoms. The highest BCUT2D eigenvalue weighted by molar-refractivity contribution is 5.77. The first-order valence-corrected chi connectivity index (χ1v) is 11.3. The second-order valence-corrected chi connectivity index (χ2v) is 8.08. The lowest BCUT2D eigenvalue weighted by Crippen LogP contribution is -2.21. The monoisotopic (exact) mass is 430 g/mol. The van der Waals surface area contributed by atoms with Gasteiger partial charge in [-0.1, -0.05) is 92.1 Å². The van der Waals surface area contributed by atoms with Crippen LogP contribution in [0.25, 0.3) is 5.57 Å². The molecule has 4 rings (SSSR count). The van der Waals surface area contributed by atoms with Crippen molar-refractivity contribution in [1.29, 1.82) is 0 Å². The summed E-state index contributed by atoms with van der Waals surface area (Å²) in [6, 6.07) is 19.1. The molecule has 0 saturated heterocycles. The Labute approximate surface area is 197 Å². The van der Waals surface area contributed by atoms with E-state index >= 15 is 0 Å². The van der Waals surface area contributed by atoms with E-state index in [1.165, 1.54) is 28.1 Å². The highest BCUT2D eigenvalue weighted by atomic mass is 15.2. The standard InChI is InChI=1S/C31H30N2/c1-4-5-7-12-24(2)32-29-20-17-25(3)33(31-16-11-10-15-27(31)18-21-29)30-22-19-28(23-30)26-13-8-6-9-14-26/h4-17,19-22,32H,2-3,18,23H2,1H3/b5-4-,12-7-,20-17-,29-21+. The molecule has 0 atom stereocenters. The Hall–Kier alpha value is -4.04. The maximum atomic E-state index is 4.43. The van der Waals surface area contributed by atoms with Crippen molar-refractivity contribution in [1.82, 2.24) is 5.32 Å². The third-order valence-electron chi connectivity index (χ3n) is 5.70. The van der Waals surface area contributed by atoms with Crippen LogP contribution < -0.4 is 10.2 Å². The van der Waals surface area contributed by atoms with Crippen molar-refractivity contribution >= 4 is 11.3 Å². The summed E-state index contributed by atoms with van der Waals surface area (Å²) in [6.07, 6.45) is 20.4. The van der Waals surface area contributed by atoms with Crippen LogP contribution >= 0.6 is 0 Å². The molecule has 0 fully saturated rings. The minimum absolute atomic E-state index is 0.810. The minimum atomic E-state index is 0.810. The van der Waals surface area contributed by atoms with Gasteiger partial charge in [0, 0.05) is 34.9 Å². The lowest BCUT2D eigenvalue weighted by atomic mass is 10.0. The zero-order chi connectivity index (χ0) is 23.0. The first-order valence-electron chi connectivity index (χ1n) is 11.3. The van der Waals surface area contributed by atoms with E-state index in [0.29, 0.717) is 0 Å². The summed E-state index contributed by atoms with van der Waals surface area (Å²) in [6.45, 7) is 10.5. The molecule has 0 aromatic heterocycles. The first kappa shape index (κ1) is 22.2. The summed E-state index contributed by atoms with van der Waals surface area (Å²) >= 11 is 0. The fourth-order valence-corrected chi connectivity index (χ4v) is 4.06. The van der Waals surface area contributed by atoms with Gasteiger partial charge in [-0.3, -0.25) is 0 Å². The Morgan fingerprint density at radius 3 is 2.58 bits per heavy atom. The lowest BCUT2D eigenvalue weighted by molar-refractivity contribution is 1.03. The summed E-state index contributed by atoms with van der Waals surface area (Å²) in [5.41, 5.74) is 9.02. The van der Waals surface area contributed by atoms with Gasteiger partial charge >= 0.3 is 0 Å². The van der Waals surface area contributed by atoms with E-state index in [1.54, 1.807) is 0 Å². The molecule has 0 bridgehead atoms. The quantitative estimate of drug-likeness (QED) is 0.474. The number of benzene rings is 2. The highest BCUT2D eigenvalue weighted by Gasteiger charge is 2.21. The number of fused-ring (bicyclic) bond motifs is 1. The van der Waals surface area contributed by atoms with Crippen LogP contribution in [0.3, 0.4) is 0 Å². The zero-order valence-electron chi connectivity index (χ0n) is 19.2. The number of nitrogens with one attached hydrogen (secondary N) is 1. The molecule has 33 heavy (non-hydrogen) atoms. The van der Waals surface area contributed by atoms with Gasteiger partial charge in [0.15, 0.2) is 0 Å². The van der Waals surface area contributed by atoms with E-state index in [2.05, 4.69) is 108 Å². The Morgan fingerprint density at radius 1 is 0.970 bits per heavy atom. The maximum absolute atomic E-state index is 4.43. The van der Waals surface area contributed by atoms with Gasteiger partial charge in [0.1, 0.15) is 0 Å². The molecule has 0 amide bonds. The number of anilines is 1. The summed E-state index contributed by atoms with van der Waals surface area (Å²) in [7, 11) is 0. The molecule has 1 heterocycles. The molecule has 2 aromatic rings. The largest absolute Gasteiger partial charge is 0.356 e. The lowest BCUT2D eigenvalue weighted by Gasteiger charge is -2.29. The van der Waals surface area contributed by atoms with Crippen molar-refractivity contribution < 1.29 is 0 Å². The van der Waals surface area contributed by atoms with E-state index in [0.717, 1.165) is 29.9 Å².